The molecule has 0 aliphatic carbocycles. The van der Waals surface area contributed by atoms with Crippen LogP contribution < -0.4 is 25.5 Å². The molecule has 1 atom stereocenters. The van der Waals surface area contributed by atoms with Crippen LogP contribution in [0.3, 0.4) is 0 Å². The van der Waals surface area contributed by atoms with Crippen molar-refractivity contribution in [1.29, 1.82) is 0 Å². The lowest BCUT2D eigenvalue weighted by Crippen LogP contribution is -2.33. The van der Waals surface area contributed by atoms with Crippen LogP contribution in [-0.4, -0.2) is 17.8 Å². The minimum absolute atomic E-state index is 0.0768. The Balaban J connectivity index is 1.86. The lowest BCUT2D eigenvalue weighted by Gasteiger charge is -2.30. The van der Waals surface area contributed by atoms with E-state index in [9.17, 15) is 4.79 Å². The molecule has 178 valence electrons. The predicted octanol–water partition coefficient (Wildman–Crippen LogP) is 4.91. The Hall–Kier alpha value is -3.67. The number of nitrogens with zero attached hydrogens (tertiary/aromatic N) is 1. The first-order chi connectivity index (χ1) is 16.5. The molecule has 4 rings (SSSR count). The molecule has 2 N–H and O–H groups in total. The third-order valence-electron chi connectivity index (χ3n) is 6.21. The average molecular weight is 461 g/mol. The molecular weight excluding hydrogens is 428 g/mol. The van der Waals surface area contributed by atoms with Gasteiger partial charge in [0.05, 0.1) is 18.8 Å². The van der Waals surface area contributed by atoms with Gasteiger partial charge >= 0.3 is 0 Å². The fraction of sp³-hybridized carbons (Fsp3) is 0.321. The molecule has 1 unspecified atom stereocenters. The largest absolute Gasteiger partial charge is 0.490 e. The number of rotatable bonds is 8. The van der Waals surface area contributed by atoms with Gasteiger partial charge in [0.1, 0.15) is 5.75 Å². The molecule has 2 aromatic carbocycles. The number of hydrogen-bond acceptors (Lipinski definition) is 5. The van der Waals surface area contributed by atoms with Gasteiger partial charge < -0.3 is 24.5 Å². The normalized spacial score (nSPS) is 15.0. The molecule has 0 spiro atoms. The van der Waals surface area contributed by atoms with E-state index >= 15 is 0 Å². The van der Waals surface area contributed by atoms with Crippen molar-refractivity contribution in [2.45, 2.75) is 46.6 Å². The van der Waals surface area contributed by atoms with Gasteiger partial charge in [0.2, 0.25) is 0 Å². The molecule has 3 aromatic rings. The van der Waals surface area contributed by atoms with Crippen LogP contribution in [0.2, 0.25) is 0 Å². The summed E-state index contributed by atoms with van der Waals surface area (Å²) in [5.41, 5.74) is 10.4. The first kappa shape index (κ1) is 23.5. The molecule has 6 nitrogen and oxygen atoms in total. The smallest absolute Gasteiger partial charge is 0.258 e. The van der Waals surface area contributed by atoms with Gasteiger partial charge in [-0.15, -0.1) is 0 Å². The lowest BCUT2D eigenvalue weighted by molar-refractivity contribution is 0.284. The Kier molecular flexibility index (Phi) is 6.96. The summed E-state index contributed by atoms with van der Waals surface area (Å²) in [4.78, 5) is 13.9. The minimum atomic E-state index is -0.401. The van der Waals surface area contributed by atoms with E-state index in [1.807, 2.05) is 74.7 Å². The van der Waals surface area contributed by atoms with Gasteiger partial charge in [0, 0.05) is 29.8 Å². The van der Waals surface area contributed by atoms with Crippen molar-refractivity contribution in [2.75, 3.05) is 13.2 Å². The number of aryl methyl sites for hydroxylation is 2. The molecule has 1 aliphatic heterocycles. The molecule has 2 heterocycles. The Morgan fingerprint density at radius 1 is 1.00 bits per heavy atom. The van der Waals surface area contributed by atoms with E-state index < -0.39 is 5.92 Å². The number of allylic oxidation sites excluding steroid dienone is 1. The molecule has 34 heavy (non-hydrogen) atoms. The maximum absolute atomic E-state index is 13.9. The Morgan fingerprint density at radius 2 is 1.74 bits per heavy atom. The van der Waals surface area contributed by atoms with E-state index in [2.05, 4.69) is 12.1 Å². The topological polar surface area (TPSA) is 75.7 Å². The first-order valence-electron chi connectivity index (χ1n) is 11.8. The molecule has 6 heteroatoms. The maximum atomic E-state index is 13.9. The van der Waals surface area contributed by atoms with Gasteiger partial charge in [-0.05, 0) is 51.3 Å². The van der Waals surface area contributed by atoms with Gasteiger partial charge in [-0.3, -0.25) is 4.79 Å². The number of para-hydroxylation sites is 1. The third-order valence-corrected chi connectivity index (χ3v) is 6.21. The number of ether oxygens (including phenoxy) is 3. The van der Waals surface area contributed by atoms with E-state index in [1.54, 1.807) is 0 Å². The number of hydrogen-bond donors (Lipinski definition) is 1. The van der Waals surface area contributed by atoms with Gasteiger partial charge in [-0.1, -0.05) is 42.5 Å². The number of fused-ring (bicyclic) bond motifs is 1. The van der Waals surface area contributed by atoms with Crippen molar-refractivity contribution >= 4 is 0 Å². The number of benzene rings is 2. The Morgan fingerprint density at radius 3 is 2.44 bits per heavy atom. The summed E-state index contributed by atoms with van der Waals surface area (Å²) in [6.07, 6.45) is 0.757. The van der Waals surface area contributed by atoms with Crippen LogP contribution in [0.1, 0.15) is 49.1 Å². The minimum Gasteiger partial charge on any atom is -0.490 e. The Labute approximate surface area is 200 Å². The summed E-state index contributed by atoms with van der Waals surface area (Å²) in [7, 11) is 0. The molecular formula is C28H32N2O4. The molecule has 0 saturated heterocycles. The highest BCUT2D eigenvalue weighted by atomic mass is 16.5. The van der Waals surface area contributed by atoms with Crippen LogP contribution in [-0.2, 0) is 13.0 Å². The van der Waals surface area contributed by atoms with Crippen LogP contribution in [0.4, 0.5) is 0 Å². The fourth-order valence-electron chi connectivity index (χ4n) is 4.54. The second-order valence-electron chi connectivity index (χ2n) is 8.38. The summed E-state index contributed by atoms with van der Waals surface area (Å²) < 4.78 is 19.6. The second-order valence-corrected chi connectivity index (χ2v) is 8.38. The summed E-state index contributed by atoms with van der Waals surface area (Å²) in [6.45, 7) is 9.25. The SMILES string of the molecule is CCOc1cccc(C2C(C)=C(N)Oc3cc(C)n(CCc4ccccc4)c(=O)c32)c1OCC. The van der Waals surface area contributed by atoms with Crippen molar-refractivity contribution in [3.8, 4) is 17.2 Å². The van der Waals surface area contributed by atoms with Gasteiger partial charge in [-0.25, -0.2) is 0 Å². The predicted molar refractivity (Wildman–Crippen MR) is 134 cm³/mol. The molecule has 0 saturated carbocycles. The highest BCUT2D eigenvalue weighted by Gasteiger charge is 2.34. The zero-order chi connectivity index (χ0) is 24.2. The highest BCUT2D eigenvalue weighted by Crippen LogP contribution is 2.46. The molecule has 0 amide bonds. The van der Waals surface area contributed by atoms with Crippen molar-refractivity contribution in [1.82, 2.24) is 4.57 Å². The molecule has 0 bridgehead atoms. The maximum Gasteiger partial charge on any atom is 0.258 e. The van der Waals surface area contributed by atoms with Crippen LogP contribution in [0.25, 0.3) is 0 Å². The number of aromatic nitrogens is 1. The summed E-state index contributed by atoms with van der Waals surface area (Å²) in [6, 6.07) is 17.8. The van der Waals surface area contributed by atoms with Crippen LogP contribution >= 0.6 is 0 Å². The quantitative estimate of drug-likeness (QED) is 0.517. The van der Waals surface area contributed by atoms with Crippen LogP contribution in [0.5, 0.6) is 17.2 Å². The van der Waals surface area contributed by atoms with E-state index in [0.717, 1.165) is 23.3 Å². The molecule has 1 aliphatic rings. The standard InChI is InChI=1S/C28H32N2O4/c1-5-32-22-14-10-13-21(26(22)33-6-2)24-19(4)27(29)34-23-17-18(3)30(28(31)25(23)24)16-15-20-11-8-7-9-12-20/h7-14,17,24H,5-6,15-16,29H2,1-4H3. The molecule has 0 fully saturated rings. The van der Waals surface area contributed by atoms with Crippen LogP contribution in [0.15, 0.2) is 70.8 Å². The number of pyridine rings is 1. The average Bonchev–Trinajstić information content (AvgIpc) is 2.82. The summed E-state index contributed by atoms with van der Waals surface area (Å²) >= 11 is 0. The fourth-order valence-corrected chi connectivity index (χ4v) is 4.54. The highest BCUT2D eigenvalue weighted by molar-refractivity contribution is 5.58. The lowest BCUT2D eigenvalue weighted by atomic mass is 9.83. The van der Waals surface area contributed by atoms with E-state index in [4.69, 9.17) is 19.9 Å². The summed E-state index contributed by atoms with van der Waals surface area (Å²) in [5.74, 6) is 1.69. The van der Waals surface area contributed by atoms with Crippen molar-refractivity contribution in [2.24, 2.45) is 5.73 Å². The monoisotopic (exact) mass is 460 g/mol. The van der Waals surface area contributed by atoms with E-state index in [0.29, 0.717) is 48.5 Å². The third kappa shape index (κ3) is 4.40. The second kappa shape index (κ2) is 10.1. The zero-order valence-electron chi connectivity index (χ0n) is 20.3. The van der Waals surface area contributed by atoms with Gasteiger partial charge in [0.15, 0.2) is 17.4 Å². The van der Waals surface area contributed by atoms with Crippen molar-refractivity contribution < 1.29 is 14.2 Å². The number of nitrogens with two attached hydrogens (primary N) is 1. The van der Waals surface area contributed by atoms with Gasteiger partial charge in [-0.2, -0.15) is 0 Å². The van der Waals surface area contributed by atoms with Gasteiger partial charge in [0.25, 0.3) is 5.56 Å². The Bertz CT molecular complexity index is 1260. The van der Waals surface area contributed by atoms with E-state index in [1.165, 1.54) is 5.56 Å². The molecule has 1 aromatic heterocycles. The van der Waals surface area contributed by atoms with Crippen LogP contribution in [0, 0.1) is 6.92 Å². The summed E-state index contributed by atoms with van der Waals surface area (Å²) in [5, 5.41) is 0. The zero-order valence-corrected chi connectivity index (χ0v) is 20.3. The first-order valence-corrected chi connectivity index (χ1v) is 11.8. The molecule has 0 radical (unpaired) electrons. The van der Waals surface area contributed by atoms with Crippen molar-refractivity contribution in [3.63, 3.8) is 0 Å². The van der Waals surface area contributed by atoms with E-state index in [-0.39, 0.29) is 5.56 Å². The van der Waals surface area contributed by atoms with Crippen molar-refractivity contribution in [3.05, 3.63) is 98.8 Å².